The highest BCUT2D eigenvalue weighted by Crippen LogP contribution is 2.29. The lowest BCUT2D eigenvalue weighted by atomic mass is 9.90. The van der Waals surface area contributed by atoms with Crippen molar-refractivity contribution < 1.29 is 9.53 Å². The molecule has 0 unspecified atom stereocenters. The van der Waals surface area contributed by atoms with E-state index in [0.29, 0.717) is 13.1 Å². The number of carbonyl (C=O) groups excluding carboxylic acids is 1. The molecular weight excluding hydrogens is 316 g/mol. The van der Waals surface area contributed by atoms with E-state index < -0.39 is 0 Å². The molecule has 0 saturated carbocycles. The normalized spacial score (nSPS) is 19.8. The second-order valence-electron chi connectivity index (χ2n) is 6.82. The Morgan fingerprint density at radius 2 is 2.24 bits per heavy atom. The van der Waals surface area contributed by atoms with Crippen molar-refractivity contribution in [2.45, 2.75) is 19.4 Å². The van der Waals surface area contributed by atoms with Gasteiger partial charge in [-0.3, -0.25) is 9.48 Å². The first-order valence-corrected chi connectivity index (χ1v) is 8.57. The SMILES string of the molecule is COc1ccc(CN(C)C(=O)[C@H]2CNC[C@@H]2c2cnn(C)c2)cc1C. The summed E-state index contributed by atoms with van der Waals surface area (Å²) < 4.78 is 7.09. The van der Waals surface area contributed by atoms with Gasteiger partial charge in [-0.25, -0.2) is 0 Å². The molecule has 6 heteroatoms. The number of carbonyl (C=O) groups is 1. The van der Waals surface area contributed by atoms with Gasteiger partial charge in [-0.2, -0.15) is 5.10 Å². The summed E-state index contributed by atoms with van der Waals surface area (Å²) in [6, 6.07) is 6.05. The van der Waals surface area contributed by atoms with Gasteiger partial charge in [-0.05, 0) is 29.7 Å². The van der Waals surface area contributed by atoms with Crippen LogP contribution in [0.4, 0.5) is 0 Å². The maximum atomic E-state index is 13.0. The summed E-state index contributed by atoms with van der Waals surface area (Å²) in [7, 11) is 5.45. The maximum absolute atomic E-state index is 13.0. The minimum Gasteiger partial charge on any atom is -0.496 e. The van der Waals surface area contributed by atoms with E-state index in [0.717, 1.165) is 29.0 Å². The second kappa shape index (κ2) is 7.27. The first kappa shape index (κ1) is 17.5. The van der Waals surface area contributed by atoms with Crippen LogP contribution < -0.4 is 10.1 Å². The Morgan fingerprint density at radius 1 is 1.44 bits per heavy atom. The highest BCUT2D eigenvalue weighted by molar-refractivity contribution is 5.80. The summed E-state index contributed by atoms with van der Waals surface area (Å²) in [6.07, 6.45) is 3.87. The fourth-order valence-electron chi connectivity index (χ4n) is 3.59. The number of nitrogens with zero attached hydrogens (tertiary/aromatic N) is 3. The van der Waals surface area contributed by atoms with E-state index in [1.807, 2.05) is 50.4 Å². The van der Waals surface area contributed by atoms with Gasteiger partial charge in [0.15, 0.2) is 0 Å². The van der Waals surface area contributed by atoms with Crippen LogP contribution in [0.15, 0.2) is 30.6 Å². The predicted octanol–water partition coefficient (Wildman–Crippen LogP) is 1.70. The van der Waals surface area contributed by atoms with E-state index in [9.17, 15) is 4.79 Å². The highest BCUT2D eigenvalue weighted by atomic mass is 16.5. The van der Waals surface area contributed by atoms with Gasteiger partial charge < -0.3 is 15.0 Å². The lowest BCUT2D eigenvalue weighted by Gasteiger charge is -2.24. The number of rotatable bonds is 5. The van der Waals surface area contributed by atoms with Gasteiger partial charge in [0.05, 0.1) is 19.2 Å². The minimum atomic E-state index is -0.0476. The summed E-state index contributed by atoms with van der Waals surface area (Å²) in [5, 5.41) is 7.60. The van der Waals surface area contributed by atoms with Crippen molar-refractivity contribution in [1.29, 1.82) is 0 Å². The number of nitrogens with one attached hydrogen (secondary N) is 1. The standard InChI is InChI=1S/C19H26N4O2/c1-13-7-14(5-6-18(13)25-4)11-22(2)19(24)17-10-20-9-16(17)15-8-21-23(3)12-15/h5-8,12,16-17,20H,9-11H2,1-4H3/t16-,17+/m1/s1. The molecule has 1 aliphatic rings. The lowest BCUT2D eigenvalue weighted by Crippen LogP contribution is -2.35. The van der Waals surface area contributed by atoms with Crippen molar-refractivity contribution in [2.75, 3.05) is 27.2 Å². The molecular formula is C19H26N4O2. The fraction of sp³-hybridized carbons (Fsp3) is 0.474. The Morgan fingerprint density at radius 3 is 2.88 bits per heavy atom. The predicted molar refractivity (Wildman–Crippen MR) is 96.5 cm³/mol. The van der Waals surface area contributed by atoms with Crippen molar-refractivity contribution in [3.8, 4) is 5.75 Å². The van der Waals surface area contributed by atoms with E-state index in [1.165, 1.54) is 0 Å². The number of methoxy groups -OCH3 is 1. The van der Waals surface area contributed by atoms with Crippen molar-refractivity contribution in [1.82, 2.24) is 20.0 Å². The Kier molecular flexibility index (Phi) is 5.08. The Labute approximate surface area is 148 Å². The minimum absolute atomic E-state index is 0.0476. The van der Waals surface area contributed by atoms with E-state index in [-0.39, 0.29) is 17.7 Å². The van der Waals surface area contributed by atoms with E-state index in [2.05, 4.69) is 16.5 Å². The number of amides is 1. The number of aromatic nitrogens is 2. The molecule has 2 aromatic rings. The van der Waals surface area contributed by atoms with Crippen LogP contribution in [0.5, 0.6) is 5.75 Å². The van der Waals surface area contributed by atoms with Crippen molar-refractivity contribution in [3.05, 3.63) is 47.3 Å². The third-order valence-corrected chi connectivity index (χ3v) is 4.94. The molecule has 0 radical (unpaired) electrons. The second-order valence-corrected chi connectivity index (χ2v) is 6.82. The summed E-state index contributed by atoms with van der Waals surface area (Å²) in [5.74, 6) is 1.18. The van der Waals surface area contributed by atoms with Crippen LogP contribution in [0.3, 0.4) is 0 Å². The van der Waals surface area contributed by atoms with E-state index >= 15 is 0 Å². The number of hydrogen-bond donors (Lipinski definition) is 1. The van der Waals surface area contributed by atoms with Gasteiger partial charge >= 0.3 is 0 Å². The highest BCUT2D eigenvalue weighted by Gasteiger charge is 2.36. The molecule has 1 aromatic carbocycles. The van der Waals surface area contributed by atoms with Crippen LogP contribution in [-0.2, 0) is 18.4 Å². The van der Waals surface area contributed by atoms with Gasteiger partial charge in [0.25, 0.3) is 0 Å². The zero-order valence-electron chi connectivity index (χ0n) is 15.3. The molecule has 134 valence electrons. The fourth-order valence-corrected chi connectivity index (χ4v) is 3.59. The average Bonchev–Trinajstić information content (AvgIpc) is 3.22. The largest absolute Gasteiger partial charge is 0.496 e. The molecule has 6 nitrogen and oxygen atoms in total. The molecule has 1 aliphatic heterocycles. The molecule has 2 heterocycles. The molecule has 25 heavy (non-hydrogen) atoms. The van der Waals surface area contributed by atoms with Gasteiger partial charge in [-0.15, -0.1) is 0 Å². The summed E-state index contributed by atoms with van der Waals surface area (Å²) >= 11 is 0. The van der Waals surface area contributed by atoms with Crippen LogP contribution in [0.1, 0.15) is 22.6 Å². The smallest absolute Gasteiger partial charge is 0.227 e. The molecule has 0 spiro atoms. The van der Waals surface area contributed by atoms with Crippen LogP contribution in [0.25, 0.3) is 0 Å². The molecule has 1 saturated heterocycles. The van der Waals surface area contributed by atoms with Gasteiger partial charge in [0.1, 0.15) is 5.75 Å². The van der Waals surface area contributed by atoms with Crippen LogP contribution in [0, 0.1) is 12.8 Å². The third-order valence-electron chi connectivity index (χ3n) is 4.94. The summed E-state index contributed by atoms with van der Waals surface area (Å²) in [6.45, 7) is 4.14. The summed E-state index contributed by atoms with van der Waals surface area (Å²) in [5.41, 5.74) is 3.31. The van der Waals surface area contributed by atoms with Crippen molar-refractivity contribution in [3.63, 3.8) is 0 Å². The van der Waals surface area contributed by atoms with E-state index in [1.54, 1.807) is 11.8 Å². The van der Waals surface area contributed by atoms with Gasteiger partial charge in [0.2, 0.25) is 5.91 Å². The summed E-state index contributed by atoms with van der Waals surface area (Å²) in [4.78, 5) is 14.8. The zero-order valence-corrected chi connectivity index (χ0v) is 15.3. The van der Waals surface area contributed by atoms with Crippen molar-refractivity contribution in [2.24, 2.45) is 13.0 Å². The van der Waals surface area contributed by atoms with Crippen LogP contribution >= 0.6 is 0 Å². The third kappa shape index (κ3) is 3.69. The maximum Gasteiger partial charge on any atom is 0.227 e. The first-order chi connectivity index (χ1) is 12.0. The Hall–Kier alpha value is -2.34. The number of benzene rings is 1. The molecule has 2 atom stereocenters. The van der Waals surface area contributed by atoms with Crippen molar-refractivity contribution >= 4 is 5.91 Å². The number of hydrogen-bond acceptors (Lipinski definition) is 4. The monoisotopic (exact) mass is 342 g/mol. The Bertz CT molecular complexity index is 756. The molecule has 1 N–H and O–H groups in total. The first-order valence-electron chi connectivity index (χ1n) is 8.57. The molecule has 1 amide bonds. The molecule has 0 aliphatic carbocycles. The molecule has 0 bridgehead atoms. The van der Waals surface area contributed by atoms with Gasteiger partial charge in [0, 0.05) is 45.8 Å². The lowest BCUT2D eigenvalue weighted by molar-refractivity contribution is -0.134. The van der Waals surface area contributed by atoms with Gasteiger partial charge in [-0.1, -0.05) is 12.1 Å². The van der Waals surface area contributed by atoms with Crippen LogP contribution in [0.2, 0.25) is 0 Å². The topological polar surface area (TPSA) is 59.4 Å². The number of ether oxygens (including phenoxy) is 1. The van der Waals surface area contributed by atoms with E-state index in [4.69, 9.17) is 4.74 Å². The zero-order chi connectivity index (χ0) is 18.0. The van der Waals surface area contributed by atoms with Crippen LogP contribution in [-0.4, -0.2) is 47.8 Å². The Balaban J connectivity index is 1.70. The average molecular weight is 342 g/mol. The quantitative estimate of drug-likeness (QED) is 0.898. The molecule has 1 fully saturated rings. The number of aryl methyl sites for hydroxylation is 2. The molecule has 1 aromatic heterocycles. The molecule has 3 rings (SSSR count).